The molecule has 0 aliphatic heterocycles. The van der Waals surface area contributed by atoms with E-state index in [1.54, 1.807) is 0 Å². The van der Waals surface area contributed by atoms with Crippen molar-refractivity contribution >= 4 is 5.97 Å². The molecule has 106 valence electrons. The second-order valence-electron chi connectivity index (χ2n) is 5.03. The summed E-state index contributed by atoms with van der Waals surface area (Å²) in [5, 5.41) is 11.3. The van der Waals surface area contributed by atoms with Gasteiger partial charge in [0.2, 0.25) is 0 Å². The normalized spacial score (nSPS) is 21.6. The lowest BCUT2D eigenvalue weighted by Crippen LogP contribution is -2.44. The standard InChI is InChI=1S/C12H20F3NO2/c1-8(9-5-3-2-4-6-9)16-7-10(11(17)18)12(13,14)15/h8-10,16H,2-7H2,1H3,(H,17,18)/t8-,10?/m0/s1. The highest BCUT2D eigenvalue weighted by Crippen LogP contribution is 2.28. The van der Waals surface area contributed by atoms with Crippen LogP contribution in [-0.2, 0) is 4.79 Å². The third-order valence-corrected chi connectivity index (χ3v) is 3.69. The van der Waals surface area contributed by atoms with E-state index in [0.717, 1.165) is 25.7 Å². The Bertz CT molecular complexity index is 275. The molecule has 0 saturated heterocycles. The van der Waals surface area contributed by atoms with Crippen molar-refractivity contribution in [3.63, 3.8) is 0 Å². The Kier molecular flexibility index (Phi) is 5.44. The molecule has 0 bridgehead atoms. The first kappa shape index (κ1) is 15.3. The van der Waals surface area contributed by atoms with Gasteiger partial charge in [-0.15, -0.1) is 0 Å². The predicted molar refractivity (Wildman–Crippen MR) is 61.2 cm³/mol. The molecule has 0 aromatic carbocycles. The zero-order valence-corrected chi connectivity index (χ0v) is 10.5. The fourth-order valence-corrected chi connectivity index (χ4v) is 2.45. The minimum absolute atomic E-state index is 0.0606. The molecule has 3 nitrogen and oxygen atoms in total. The minimum Gasteiger partial charge on any atom is -0.481 e. The topological polar surface area (TPSA) is 49.3 Å². The van der Waals surface area contributed by atoms with Gasteiger partial charge in [-0.05, 0) is 25.7 Å². The fourth-order valence-electron chi connectivity index (χ4n) is 2.45. The molecule has 1 aliphatic carbocycles. The highest BCUT2D eigenvalue weighted by atomic mass is 19.4. The molecule has 18 heavy (non-hydrogen) atoms. The Morgan fingerprint density at radius 2 is 1.89 bits per heavy atom. The summed E-state index contributed by atoms with van der Waals surface area (Å²) in [6.07, 6.45) is 0.737. The van der Waals surface area contributed by atoms with Crippen molar-refractivity contribution in [3.05, 3.63) is 0 Å². The van der Waals surface area contributed by atoms with Crippen LogP contribution in [0.4, 0.5) is 13.2 Å². The first-order valence-electron chi connectivity index (χ1n) is 6.35. The van der Waals surface area contributed by atoms with Gasteiger partial charge in [0.05, 0.1) is 0 Å². The molecule has 1 rings (SSSR count). The highest BCUT2D eigenvalue weighted by Gasteiger charge is 2.45. The number of rotatable bonds is 5. The average Bonchev–Trinajstić information content (AvgIpc) is 2.28. The van der Waals surface area contributed by atoms with E-state index in [2.05, 4.69) is 5.32 Å². The van der Waals surface area contributed by atoms with E-state index in [0.29, 0.717) is 5.92 Å². The molecule has 2 N–H and O–H groups in total. The lowest BCUT2D eigenvalue weighted by atomic mass is 9.84. The molecule has 0 aromatic heterocycles. The Morgan fingerprint density at radius 1 is 1.33 bits per heavy atom. The Morgan fingerprint density at radius 3 is 2.33 bits per heavy atom. The molecule has 0 spiro atoms. The summed E-state index contributed by atoms with van der Waals surface area (Å²) in [5.41, 5.74) is 0. The van der Waals surface area contributed by atoms with Crippen LogP contribution >= 0.6 is 0 Å². The molecule has 0 radical (unpaired) electrons. The SMILES string of the molecule is C[C@H](NCC(C(=O)O)C(F)(F)F)C1CCCCC1. The van der Waals surface area contributed by atoms with E-state index in [9.17, 15) is 18.0 Å². The van der Waals surface area contributed by atoms with Crippen molar-refractivity contribution in [2.45, 2.75) is 51.2 Å². The molecule has 2 atom stereocenters. The first-order valence-corrected chi connectivity index (χ1v) is 6.35. The van der Waals surface area contributed by atoms with Crippen LogP contribution in [0.15, 0.2) is 0 Å². The number of carboxylic acid groups (broad SMARTS) is 1. The molecule has 1 saturated carbocycles. The summed E-state index contributed by atoms with van der Waals surface area (Å²) in [6, 6.07) is -0.0606. The number of hydrogen-bond donors (Lipinski definition) is 2. The van der Waals surface area contributed by atoms with Gasteiger partial charge in [0.25, 0.3) is 0 Å². The van der Waals surface area contributed by atoms with Crippen LogP contribution in [-0.4, -0.2) is 29.8 Å². The maximum absolute atomic E-state index is 12.4. The average molecular weight is 267 g/mol. The molecule has 1 unspecified atom stereocenters. The van der Waals surface area contributed by atoms with Gasteiger partial charge in [-0.25, -0.2) is 0 Å². The second kappa shape index (κ2) is 6.41. The van der Waals surface area contributed by atoms with Crippen molar-refractivity contribution in [2.75, 3.05) is 6.54 Å². The van der Waals surface area contributed by atoms with Gasteiger partial charge in [0.1, 0.15) is 0 Å². The summed E-state index contributed by atoms with van der Waals surface area (Å²) in [4.78, 5) is 10.6. The van der Waals surface area contributed by atoms with Gasteiger partial charge in [0.15, 0.2) is 5.92 Å². The maximum Gasteiger partial charge on any atom is 0.403 e. The van der Waals surface area contributed by atoms with Crippen molar-refractivity contribution < 1.29 is 23.1 Å². The Labute approximate surface area is 105 Å². The van der Waals surface area contributed by atoms with Gasteiger partial charge < -0.3 is 10.4 Å². The Balaban J connectivity index is 2.44. The van der Waals surface area contributed by atoms with E-state index < -0.39 is 24.6 Å². The zero-order valence-electron chi connectivity index (χ0n) is 10.5. The van der Waals surface area contributed by atoms with Gasteiger partial charge >= 0.3 is 12.1 Å². The van der Waals surface area contributed by atoms with Crippen LogP contribution in [0.3, 0.4) is 0 Å². The zero-order chi connectivity index (χ0) is 13.8. The largest absolute Gasteiger partial charge is 0.481 e. The van der Waals surface area contributed by atoms with E-state index in [4.69, 9.17) is 5.11 Å². The van der Waals surface area contributed by atoms with Crippen LogP contribution in [0.1, 0.15) is 39.0 Å². The number of alkyl halides is 3. The van der Waals surface area contributed by atoms with Gasteiger partial charge in [0, 0.05) is 12.6 Å². The van der Waals surface area contributed by atoms with E-state index in [-0.39, 0.29) is 6.04 Å². The summed E-state index contributed by atoms with van der Waals surface area (Å²) >= 11 is 0. The van der Waals surface area contributed by atoms with Crippen molar-refractivity contribution in [2.24, 2.45) is 11.8 Å². The third kappa shape index (κ3) is 4.48. The molecule has 0 heterocycles. The molecule has 0 aromatic rings. The fraction of sp³-hybridized carbons (Fsp3) is 0.917. The molecular weight excluding hydrogens is 247 g/mol. The number of halogens is 3. The van der Waals surface area contributed by atoms with E-state index >= 15 is 0 Å². The summed E-state index contributed by atoms with van der Waals surface area (Å²) in [6.45, 7) is 1.29. The quantitative estimate of drug-likeness (QED) is 0.805. The highest BCUT2D eigenvalue weighted by molar-refractivity contribution is 5.71. The van der Waals surface area contributed by atoms with Crippen LogP contribution in [0.25, 0.3) is 0 Å². The Hall–Kier alpha value is -0.780. The van der Waals surface area contributed by atoms with Gasteiger partial charge in [-0.3, -0.25) is 4.79 Å². The number of carboxylic acids is 1. The minimum atomic E-state index is -4.69. The summed E-state index contributed by atoms with van der Waals surface area (Å²) in [5.74, 6) is -3.77. The van der Waals surface area contributed by atoms with E-state index in [1.807, 2.05) is 6.92 Å². The van der Waals surface area contributed by atoms with Crippen molar-refractivity contribution in [3.8, 4) is 0 Å². The number of carbonyl (C=O) groups is 1. The summed E-state index contributed by atoms with van der Waals surface area (Å²) < 4.78 is 37.3. The van der Waals surface area contributed by atoms with Gasteiger partial charge in [-0.1, -0.05) is 19.3 Å². The van der Waals surface area contributed by atoms with Crippen LogP contribution in [0, 0.1) is 11.8 Å². The van der Waals surface area contributed by atoms with Crippen molar-refractivity contribution in [1.82, 2.24) is 5.32 Å². The third-order valence-electron chi connectivity index (χ3n) is 3.69. The summed E-state index contributed by atoms with van der Waals surface area (Å²) in [7, 11) is 0. The molecule has 0 amide bonds. The van der Waals surface area contributed by atoms with E-state index in [1.165, 1.54) is 6.42 Å². The lowest BCUT2D eigenvalue weighted by molar-refractivity contribution is -0.192. The van der Waals surface area contributed by atoms with Crippen LogP contribution in [0.5, 0.6) is 0 Å². The predicted octanol–water partition coefficient (Wildman–Crippen LogP) is 2.81. The smallest absolute Gasteiger partial charge is 0.403 e. The molecule has 6 heteroatoms. The maximum atomic E-state index is 12.4. The number of aliphatic carboxylic acids is 1. The molecule has 1 fully saturated rings. The first-order chi connectivity index (χ1) is 8.32. The van der Waals surface area contributed by atoms with Gasteiger partial charge in [-0.2, -0.15) is 13.2 Å². The number of hydrogen-bond acceptors (Lipinski definition) is 2. The van der Waals surface area contributed by atoms with Crippen LogP contribution < -0.4 is 5.32 Å². The molecular formula is C12H20F3NO2. The number of nitrogens with one attached hydrogen (secondary N) is 1. The molecule has 1 aliphatic rings. The lowest BCUT2D eigenvalue weighted by Gasteiger charge is -2.29. The monoisotopic (exact) mass is 267 g/mol. The van der Waals surface area contributed by atoms with Crippen molar-refractivity contribution in [1.29, 1.82) is 0 Å². The van der Waals surface area contributed by atoms with Crippen LogP contribution in [0.2, 0.25) is 0 Å². The second-order valence-corrected chi connectivity index (χ2v) is 5.03.